The Morgan fingerprint density at radius 1 is 1.07 bits per heavy atom. The van der Waals surface area contributed by atoms with Gasteiger partial charge >= 0.3 is 0 Å². The fraction of sp³-hybridized carbons (Fsp3) is 0.417. The van der Waals surface area contributed by atoms with E-state index in [1.807, 2.05) is 65.4 Å². The Bertz CT molecular complexity index is 843. The van der Waals surface area contributed by atoms with Gasteiger partial charge in [0.2, 0.25) is 5.91 Å². The second kappa shape index (κ2) is 10.3. The molecule has 1 unspecified atom stereocenters. The second-order valence-corrected chi connectivity index (χ2v) is 7.84. The van der Waals surface area contributed by atoms with Crippen LogP contribution in [0.3, 0.4) is 0 Å². The van der Waals surface area contributed by atoms with Gasteiger partial charge in [-0.2, -0.15) is 0 Å². The summed E-state index contributed by atoms with van der Waals surface area (Å²) in [6, 6.07) is 15.5. The van der Waals surface area contributed by atoms with Crippen molar-refractivity contribution in [1.82, 2.24) is 15.1 Å². The lowest BCUT2D eigenvalue weighted by Crippen LogP contribution is -2.36. The van der Waals surface area contributed by atoms with E-state index in [4.69, 9.17) is 4.74 Å². The summed E-state index contributed by atoms with van der Waals surface area (Å²) in [6.45, 7) is 4.52. The summed E-state index contributed by atoms with van der Waals surface area (Å²) in [6.07, 6.45) is 2.17. The van der Waals surface area contributed by atoms with Crippen LogP contribution in [0.1, 0.15) is 47.3 Å². The first-order chi connectivity index (χ1) is 14.5. The molecule has 1 heterocycles. The molecule has 2 aromatic carbocycles. The van der Waals surface area contributed by atoms with Gasteiger partial charge in [0, 0.05) is 31.2 Å². The molecule has 1 aliphatic heterocycles. The third-order valence-corrected chi connectivity index (χ3v) is 5.74. The number of ether oxygens (including phenoxy) is 1. The van der Waals surface area contributed by atoms with Crippen molar-refractivity contribution < 1.29 is 14.3 Å². The number of benzene rings is 2. The fourth-order valence-electron chi connectivity index (χ4n) is 3.62. The molecule has 0 saturated carbocycles. The Labute approximate surface area is 178 Å². The summed E-state index contributed by atoms with van der Waals surface area (Å²) in [5.41, 5.74) is 2.82. The van der Waals surface area contributed by atoms with Gasteiger partial charge in [0.1, 0.15) is 5.75 Å². The summed E-state index contributed by atoms with van der Waals surface area (Å²) < 4.78 is 5.20. The van der Waals surface area contributed by atoms with E-state index in [9.17, 15) is 9.59 Å². The number of likely N-dealkylation sites (tertiary alicyclic amines) is 1. The van der Waals surface area contributed by atoms with Crippen LogP contribution in [0.5, 0.6) is 5.75 Å². The minimum atomic E-state index is -0.0323. The molecular formula is C24H31N3O3. The third-order valence-electron chi connectivity index (χ3n) is 5.74. The average Bonchev–Trinajstić information content (AvgIpc) is 3.32. The highest BCUT2D eigenvalue weighted by molar-refractivity contribution is 5.94. The van der Waals surface area contributed by atoms with E-state index in [0.29, 0.717) is 18.7 Å². The van der Waals surface area contributed by atoms with Gasteiger partial charge in [-0.25, -0.2) is 0 Å². The molecule has 1 saturated heterocycles. The quantitative estimate of drug-likeness (QED) is 0.727. The van der Waals surface area contributed by atoms with Gasteiger partial charge in [0.05, 0.1) is 13.7 Å². The van der Waals surface area contributed by atoms with Crippen LogP contribution in [-0.2, 0) is 11.3 Å². The lowest BCUT2D eigenvalue weighted by atomic mass is 10.1. The standard InChI is InChI=1S/C24H31N3O3/c1-18(20-10-12-22(30-3)13-11-20)26(2)17-23(28)25-16-19-6-8-21(9-7-19)24(29)27-14-4-5-15-27/h6-13,18H,4-5,14-17H2,1-3H3,(H,25,28). The fourth-order valence-corrected chi connectivity index (χ4v) is 3.62. The molecule has 0 aromatic heterocycles. The van der Waals surface area contributed by atoms with Crippen molar-refractivity contribution in [2.45, 2.75) is 32.4 Å². The van der Waals surface area contributed by atoms with Crippen molar-refractivity contribution in [2.24, 2.45) is 0 Å². The molecule has 0 bridgehead atoms. The van der Waals surface area contributed by atoms with Crippen LogP contribution in [0.2, 0.25) is 0 Å². The number of hydrogen-bond acceptors (Lipinski definition) is 4. The van der Waals surface area contributed by atoms with Gasteiger partial charge in [-0.1, -0.05) is 24.3 Å². The molecule has 1 atom stereocenters. The predicted octanol–water partition coefficient (Wildman–Crippen LogP) is 3.24. The highest BCUT2D eigenvalue weighted by Crippen LogP contribution is 2.21. The monoisotopic (exact) mass is 409 g/mol. The predicted molar refractivity (Wildman–Crippen MR) is 117 cm³/mol. The molecule has 0 radical (unpaired) electrons. The summed E-state index contributed by atoms with van der Waals surface area (Å²) in [7, 11) is 3.58. The molecule has 1 fully saturated rings. The largest absolute Gasteiger partial charge is 0.497 e. The van der Waals surface area contributed by atoms with E-state index in [1.54, 1.807) is 7.11 Å². The van der Waals surface area contributed by atoms with Crippen molar-refractivity contribution in [3.63, 3.8) is 0 Å². The summed E-state index contributed by atoms with van der Waals surface area (Å²) in [4.78, 5) is 28.7. The van der Waals surface area contributed by atoms with E-state index < -0.39 is 0 Å². The number of rotatable bonds is 8. The minimum absolute atomic E-state index is 0.0323. The van der Waals surface area contributed by atoms with Gasteiger partial charge in [0.25, 0.3) is 5.91 Å². The van der Waals surface area contributed by atoms with Crippen molar-refractivity contribution in [3.05, 3.63) is 65.2 Å². The number of amides is 2. The van der Waals surface area contributed by atoms with Crippen molar-refractivity contribution in [1.29, 1.82) is 0 Å². The topological polar surface area (TPSA) is 61.9 Å². The Hall–Kier alpha value is -2.86. The SMILES string of the molecule is COc1ccc(C(C)N(C)CC(=O)NCc2ccc(C(=O)N3CCCC3)cc2)cc1. The van der Waals surface area contributed by atoms with Crippen LogP contribution in [-0.4, -0.2) is 55.4 Å². The zero-order chi connectivity index (χ0) is 21.5. The highest BCUT2D eigenvalue weighted by atomic mass is 16.5. The number of carbonyl (C=O) groups is 2. The maximum Gasteiger partial charge on any atom is 0.253 e. The van der Waals surface area contributed by atoms with Gasteiger partial charge in [-0.05, 0) is 62.2 Å². The number of nitrogens with zero attached hydrogens (tertiary/aromatic N) is 2. The molecule has 2 amide bonds. The first kappa shape index (κ1) is 21.8. The zero-order valence-corrected chi connectivity index (χ0v) is 18.1. The van der Waals surface area contributed by atoms with Crippen LogP contribution in [0, 0.1) is 0 Å². The zero-order valence-electron chi connectivity index (χ0n) is 18.1. The molecule has 6 nitrogen and oxygen atoms in total. The number of likely N-dealkylation sites (N-methyl/N-ethyl adjacent to an activating group) is 1. The number of carbonyl (C=O) groups excluding carboxylic acids is 2. The van der Waals surface area contributed by atoms with Crippen molar-refractivity contribution in [2.75, 3.05) is 33.8 Å². The molecular weight excluding hydrogens is 378 g/mol. The van der Waals surface area contributed by atoms with Gasteiger partial charge in [-0.3, -0.25) is 14.5 Å². The Balaban J connectivity index is 1.46. The maximum absolute atomic E-state index is 12.4. The van der Waals surface area contributed by atoms with Crippen LogP contribution >= 0.6 is 0 Å². The summed E-state index contributed by atoms with van der Waals surface area (Å²) in [5, 5.41) is 2.96. The van der Waals surface area contributed by atoms with Gasteiger partial charge in [0.15, 0.2) is 0 Å². The van der Waals surface area contributed by atoms with E-state index >= 15 is 0 Å². The first-order valence-electron chi connectivity index (χ1n) is 10.5. The van der Waals surface area contributed by atoms with E-state index in [1.165, 1.54) is 0 Å². The van der Waals surface area contributed by atoms with Crippen LogP contribution < -0.4 is 10.1 Å². The van der Waals surface area contributed by atoms with E-state index in [2.05, 4.69) is 12.2 Å². The molecule has 30 heavy (non-hydrogen) atoms. The normalized spacial score (nSPS) is 14.6. The molecule has 6 heteroatoms. The van der Waals surface area contributed by atoms with Gasteiger partial charge < -0.3 is 15.0 Å². The first-order valence-corrected chi connectivity index (χ1v) is 10.5. The van der Waals surface area contributed by atoms with Crippen molar-refractivity contribution in [3.8, 4) is 5.75 Å². The maximum atomic E-state index is 12.4. The Kier molecular flexibility index (Phi) is 7.46. The van der Waals surface area contributed by atoms with E-state index in [0.717, 1.165) is 42.8 Å². The number of methoxy groups -OCH3 is 1. The van der Waals surface area contributed by atoms with Crippen LogP contribution in [0.15, 0.2) is 48.5 Å². The Morgan fingerprint density at radius 3 is 2.30 bits per heavy atom. The second-order valence-electron chi connectivity index (χ2n) is 7.84. The lowest BCUT2D eigenvalue weighted by Gasteiger charge is -2.24. The molecule has 3 rings (SSSR count). The van der Waals surface area contributed by atoms with Gasteiger partial charge in [-0.15, -0.1) is 0 Å². The van der Waals surface area contributed by atoms with Crippen molar-refractivity contribution >= 4 is 11.8 Å². The van der Waals surface area contributed by atoms with Crippen LogP contribution in [0.25, 0.3) is 0 Å². The lowest BCUT2D eigenvalue weighted by molar-refractivity contribution is -0.122. The molecule has 1 N–H and O–H groups in total. The van der Waals surface area contributed by atoms with E-state index in [-0.39, 0.29) is 17.9 Å². The minimum Gasteiger partial charge on any atom is -0.497 e. The van der Waals surface area contributed by atoms with Crippen LogP contribution in [0.4, 0.5) is 0 Å². The molecule has 1 aliphatic rings. The number of hydrogen-bond donors (Lipinski definition) is 1. The Morgan fingerprint density at radius 2 is 1.70 bits per heavy atom. The third kappa shape index (κ3) is 5.60. The average molecular weight is 410 g/mol. The summed E-state index contributed by atoms with van der Waals surface area (Å²) in [5.74, 6) is 0.881. The number of nitrogens with one attached hydrogen (secondary N) is 1. The molecule has 2 aromatic rings. The molecule has 0 aliphatic carbocycles. The molecule has 160 valence electrons. The molecule has 0 spiro atoms. The smallest absolute Gasteiger partial charge is 0.253 e. The highest BCUT2D eigenvalue weighted by Gasteiger charge is 2.19. The summed E-state index contributed by atoms with van der Waals surface area (Å²) >= 11 is 0.